The zero-order valence-corrected chi connectivity index (χ0v) is 18.2. The average molecular weight is 423 g/mol. The second-order valence-corrected chi connectivity index (χ2v) is 7.59. The largest absolute Gasteiger partial charge is 0.489 e. The van der Waals surface area contributed by atoms with Gasteiger partial charge in [0, 0.05) is 26.2 Å². The molecule has 3 aromatic carbocycles. The molecule has 4 rings (SSSR count). The van der Waals surface area contributed by atoms with Gasteiger partial charge < -0.3 is 15.0 Å². The molecule has 30 heavy (non-hydrogen) atoms. The summed E-state index contributed by atoms with van der Waals surface area (Å²) in [5.74, 6) is 0.853. The van der Waals surface area contributed by atoms with Gasteiger partial charge in [-0.1, -0.05) is 36.4 Å². The van der Waals surface area contributed by atoms with E-state index in [1.807, 2.05) is 30.3 Å². The van der Waals surface area contributed by atoms with Crippen LogP contribution in [0.4, 0.5) is 0 Å². The Morgan fingerprint density at radius 2 is 1.73 bits per heavy atom. The second-order valence-electron chi connectivity index (χ2n) is 7.59. The number of ether oxygens (including phenoxy) is 1. The third kappa shape index (κ3) is 5.02. The fourth-order valence-corrected chi connectivity index (χ4v) is 3.57. The first-order valence-corrected chi connectivity index (χ1v) is 9.97. The first-order valence-electron chi connectivity index (χ1n) is 9.97. The molecule has 1 aliphatic heterocycles. The lowest BCUT2D eigenvalue weighted by Gasteiger charge is -2.15. The van der Waals surface area contributed by atoms with E-state index in [-0.39, 0.29) is 18.3 Å². The number of fused-ring (bicyclic) bond motifs is 1. The van der Waals surface area contributed by atoms with E-state index in [0.717, 1.165) is 30.8 Å². The van der Waals surface area contributed by atoms with Crippen molar-refractivity contribution < 1.29 is 9.53 Å². The molecule has 0 atom stereocenters. The number of rotatable bonds is 5. The van der Waals surface area contributed by atoms with Gasteiger partial charge in [0.1, 0.15) is 12.4 Å². The zero-order chi connectivity index (χ0) is 20.2. The van der Waals surface area contributed by atoms with Gasteiger partial charge in [-0.05, 0) is 70.8 Å². The van der Waals surface area contributed by atoms with Crippen LogP contribution in [0.15, 0.2) is 66.7 Å². The Morgan fingerprint density at radius 3 is 2.43 bits per heavy atom. The predicted octanol–water partition coefficient (Wildman–Crippen LogP) is 4.92. The monoisotopic (exact) mass is 422 g/mol. The molecule has 1 aliphatic rings. The van der Waals surface area contributed by atoms with E-state index in [2.05, 4.69) is 41.7 Å². The highest BCUT2D eigenvalue weighted by Crippen LogP contribution is 2.27. The maximum absolute atomic E-state index is 12.0. The van der Waals surface area contributed by atoms with Crippen LogP contribution in [0.2, 0.25) is 0 Å². The number of nitrogens with zero attached hydrogens (tertiary/aromatic N) is 1. The van der Waals surface area contributed by atoms with Crippen LogP contribution in [0.1, 0.15) is 27.9 Å². The second kappa shape index (κ2) is 9.79. The Labute approximate surface area is 183 Å². The minimum absolute atomic E-state index is 0. The fourth-order valence-electron chi connectivity index (χ4n) is 3.57. The topological polar surface area (TPSA) is 41.6 Å². The molecule has 1 heterocycles. The van der Waals surface area contributed by atoms with Crippen LogP contribution in [-0.2, 0) is 6.61 Å². The zero-order valence-electron chi connectivity index (χ0n) is 17.4. The molecule has 4 nitrogen and oxygen atoms in total. The molecule has 5 heteroatoms. The van der Waals surface area contributed by atoms with Crippen LogP contribution < -0.4 is 10.1 Å². The van der Waals surface area contributed by atoms with Crippen LogP contribution >= 0.6 is 12.4 Å². The fraction of sp³-hybridized carbons (Fsp3) is 0.240. The van der Waals surface area contributed by atoms with E-state index in [0.29, 0.717) is 12.2 Å². The molecule has 156 valence electrons. The van der Waals surface area contributed by atoms with Crippen molar-refractivity contribution in [1.29, 1.82) is 0 Å². The summed E-state index contributed by atoms with van der Waals surface area (Å²) >= 11 is 0. The number of amides is 1. The normalized spacial score (nSPS) is 13.3. The molecule has 1 N–H and O–H groups in total. The molecule has 0 aromatic heterocycles. The molecule has 1 amide bonds. The molecule has 0 radical (unpaired) electrons. The molecular weight excluding hydrogens is 396 g/mol. The van der Waals surface area contributed by atoms with Gasteiger partial charge >= 0.3 is 0 Å². The van der Waals surface area contributed by atoms with Crippen molar-refractivity contribution in [2.45, 2.75) is 13.0 Å². The molecule has 0 aliphatic carbocycles. The Kier molecular flexibility index (Phi) is 7.14. The Morgan fingerprint density at radius 1 is 1.00 bits per heavy atom. The van der Waals surface area contributed by atoms with E-state index < -0.39 is 0 Å². The van der Waals surface area contributed by atoms with Crippen LogP contribution in [0.25, 0.3) is 16.3 Å². The Hall–Kier alpha value is -2.82. The lowest BCUT2D eigenvalue weighted by Crippen LogP contribution is -2.21. The molecule has 0 bridgehead atoms. The number of benzene rings is 3. The van der Waals surface area contributed by atoms with Crippen molar-refractivity contribution in [1.82, 2.24) is 10.2 Å². The van der Waals surface area contributed by atoms with Crippen LogP contribution in [0.3, 0.4) is 0 Å². The summed E-state index contributed by atoms with van der Waals surface area (Å²) in [6.07, 6.45) is 3.35. The summed E-state index contributed by atoms with van der Waals surface area (Å²) in [6, 6.07) is 20.4. The van der Waals surface area contributed by atoms with E-state index in [1.165, 1.54) is 21.9 Å². The van der Waals surface area contributed by atoms with Crippen molar-refractivity contribution in [3.63, 3.8) is 0 Å². The number of hydrogen-bond acceptors (Lipinski definition) is 3. The highest BCUT2D eigenvalue weighted by Gasteiger charge is 2.08. The summed E-state index contributed by atoms with van der Waals surface area (Å²) in [4.78, 5) is 13.5. The Bertz CT molecular complexity index is 1060. The average Bonchev–Trinajstić information content (AvgIpc) is 2.77. The van der Waals surface area contributed by atoms with Crippen molar-refractivity contribution >= 4 is 34.7 Å². The quantitative estimate of drug-likeness (QED) is 0.634. The van der Waals surface area contributed by atoms with E-state index in [4.69, 9.17) is 4.74 Å². The van der Waals surface area contributed by atoms with Gasteiger partial charge in [0.2, 0.25) is 0 Å². The molecule has 0 fully saturated rings. The number of hydrogen-bond donors (Lipinski definition) is 1. The minimum atomic E-state index is 0. The van der Waals surface area contributed by atoms with Gasteiger partial charge in [0.05, 0.1) is 0 Å². The maximum Gasteiger partial charge on any atom is 0.253 e. The number of halogens is 1. The van der Waals surface area contributed by atoms with Gasteiger partial charge in [0.15, 0.2) is 0 Å². The maximum atomic E-state index is 12.0. The molecule has 0 spiro atoms. The number of nitrogens with one attached hydrogen (secondary N) is 1. The summed E-state index contributed by atoms with van der Waals surface area (Å²) in [5, 5.41) is 5.76. The molecule has 0 saturated carbocycles. The lowest BCUT2D eigenvalue weighted by atomic mass is 9.97. The summed E-state index contributed by atoms with van der Waals surface area (Å²) in [7, 11) is 3.51. The molecule has 0 saturated heterocycles. The highest BCUT2D eigenvalue weighted by molar-refractivity contribution is 5.93. The molecule has 3 aromatic rings. The van der Waals surface area contributed by atoms with Crippen LogP contribution in [0.5, 0.6) is 5.75 Å². The van der Waals surface area contributed by atoms with Crippen molar-refractivity contribution in [3.8, 4) is 5.75 Å². The van der Waals surface area contributed by atoms with Gasteiger partial charge in [-0.3, -0.25) is 4.79 Å². The van der Waals surface area contributed by atoms with Gasteiger partial charge in [-0.25, -0.2) is 0 Å². The van der Waals surface area contributed by atoms with Crippen LogP contribution in [0, 0.1) is 0 Å². The van der Waals surface area contributed by atoms with Crippen molar-refractivity contribution in [2.24, 2.45) is 0 Å². The van der Waals surface area contributed by atoms with Crippen molar-refractivity contribution in [2.75, 3.05) is 27.2 Å². The predicted molar refractivity (Wildman–Crippen MR) is 125 cm³/mol. The van der Waals surface area contributed by atoms with Gasteiger partial charge in [-0.2, -0.15) is 0 Å². The van der Waals surface area contributed by atoms with Crippen LogP contribution in [-0.4, -0.2) is 38.0 Å². The third-order valence-electron chi connectivity index (χ3n) is 5.26. The smallest absolute Gasteiger partial charge is 0.253 e. The summed E-state index contributed by atoms with van der Waals surface area (Å²) < 4.78 is 5.98. The van der Waals surface area contributed by atoms with E-state index in [1.54, 1.807) is 19.0 Å². The summed E-state index contributed by atoms with van der Waals surface area (Å²) in [6.45, 7) is 2.46. The van der Waals surface area contributed by atoms with Gasteiger partial charge in [-0.15, -0.1) is 12.4 Å². The minimum Gasteiger partial charge on any atom is -0.489 e. The SMILES string of the molecule is CN(C)C(=O)c1ccc(COc2ccc3cc(C4=CCNCC4)ccc3c2)cc1.Cl. The number of carbonyl (C=O) groups excluding carboxylic acids is 1. The highest BCUT2D eigenvalue weighted by atomic mass is 35.5. The van der Waals surface area contributed by atoms with Crippen molar-refractivity contribution in [3.05, 3.63) is 83.4 Å². The number of carbonyl (C=O) groups is 1. The lowest BCUT2D eigenvalue weighted by molar-refractivity contribution is 0.0827. The van der Waals surface area contributed by atoms with Gasteiger partial charge in [0.25, 0.3) is 5.91 Å². The first kappa shape index (κ1) is 21.9. The molecule has 0 unspecified atom stereocenters. The third-order valence-corrected chi connectivity index (χ3v) is 5.26. The first-order chi connectivity index (χ1) is 14.1. The standard InChI is InChI=1S/C25H26N2O2.ClH/c1-27(2)25(28)20-5-3-18(4-6-20)17-29-24-10-9-22-15-21(7-8-23(22)16-24)19-11-13-26-14-12-19;/h3-11,15-16,26H,12-14,17H2,1-2H3;1H. The van der Waals surface area contributed by atoms with E-state index >= 15 is 0 Å². The summed E-state index contributed by atoms with van der Waals surface area (Å²) in [5.41, 5.74) is 4.44. The molecular formula is C25H27ClN2O2. The van der Waals surface area contributed by atoms with E-state index in [9.17, 15) is 4.79 Å². The Balaban J connectivity index is 0.00000256.